The van der Waals surface area contributed by atoms with Crippen molar-refractivity contribution in [2.45, 2.75) is 50.6 Å². The fraction of sp³-hybridized carbons (Fsp3) is 0.400. The highest BCUT2D eigenvalue weighted by Gasteiger charge is 2.32. The van der Waals surface area contributed by atoms with Crippen molar-refractivity contribution < 1.29 is 4.79 Å². The number of hydrogen-bond donors (Lipinski definition) is 0. The summed E-state index contributed by atoms with van der Waals surface area (Å²) in [6, 6.07) is 24.2. The van der Waals surface area contributed by atoms with Gasteiger partial charge in [-0.05, 0) is 80.5 Å². The third-order valence-corrected chi connectivity index (χ3v) is 7.93. The van der Waals surface area contributed by atoms with E-state index in [0.29, 0.717) is 23.6 Å². The van der Waals surface area contributed by atoms with Crippen molar-refractivity contribution in [1.29, 1.82) is 0 Å². The number of amides is 1. The zero-order valence-corrected chi connectivity index (χ0v) is 20.9. The van der Waals surface area contributed by atoms with E-state index in [0.717, 1.165) is 25.3 Å². The van der Waals surface area contributed by atoms with Crippen LogP contribution >= 0.6 is 0 Å². The number of piperazine rings is 1. The van der Waals surface area contributed by atoms with Gasteiger partial charge in [-0.15, -0.1) is 0 Å². The maximum atomic E-state index is 12.9. The van der Waals surface area contributed by atoms with E-state index in [1.807, 2.05) is 13.1 Å². The van der Waals surface area contributed by atoms with E-state index in [4.69, 9.17) is 0 Å². The van der Waals surface area contributed by atoms with Crippen LogP contribution in [0.25, 0.3) is 0 Å². The van der Waals surface area contributed by atoms with Gasteiger partial charge in [-0.2, -0.15) is 0 Å². The normalized spacial score (nSPS) is 23.1. The molecule has 0 spiro atoms. The largest absolute Gasteiger partial charge is 0.369 e. The molecule has 182 valence electrons. The molecule has 1 unspecified atom stereocenters. The minimum Gasteiger partial charge on any atom is -0.369 e. The average molecular weight is 469 g/mol. The first-order chi connectivity index (χ1) is 17.1. The predicted molar refractivity (Wildman–Crippen MR) is 143 cm³/mol. The summed E-state index contributed by atoms with van der Waals surface area (Å²) in [4.78, 5) is 23.9. The molecule has 3 aromatic rings. The molecule has 35 heavy (non-hydrogen) atoms. The topological polar surface area (TPSA) is 39.7 Å². The van der Waals surface area contributed by atoms with Gasteiger partial charge in [0.05, 0.1) is 0 Å². The maximum Gasteiger partial charge on any atom is 0.258 e. The van der Waals surface area contributed by atoms with Crippen LogP contribution in [0.2, 0.25) is 0 Å². The van der Waals surface area contributed by atoms with Gasteiger partial charge in [-0.1, -0.05) is 30.3 Å². The minimum absolute atomic E-state index is 0.00288. The maximum absolute atomic E-state index is 12.9. The van der Waals surface area contributed by atoms with E-state index >= 15 is 0 Å². The van der Waals surface area contributed by atoms with Crippen LogP contribution < -0.4 is 9.80 Å². The smallest absolute Gasteiger partial charge is 0.258 e. The first kappa shape index (κ1) is 23.6. The zero-order chi connectivity index (χ0) is 24.2. The van der Waals surface area contributed by atoms with Crippen LogP contribution in [0.15, 0.2) is 79.1 Å². The number of rotatable bonds is 5. The Bertz CT molecular complexity index is 1110. The van der Waals surface area contributed by atoms with Crippen LogP contribution in [0, 0.1) is 0 Å². The molecule has 0 radical (unpaired) electrons. The molecule has 1 amide bonds. The number of carbonyl (C=O) groups is 1. The zero-order valence-electron chi connectivity index (χ0n) is 20.9. The fourth-order valence-corrected chi connectivity index (χ4v) is 5.92. The van der Waals surface area contributed by atoms with Crippen LogP contribution in [0.5, 0.6) is 0 Å². The van der Waals surface area contributed by atoms with E-state index in [9.17, 15) is 4.79 Å². The molecule has 2 fully saturated rings. The van der Waals surface area contributed by atoms with Gasteiger partial charge in [-0.3, -0.25) is 14.7 Å². The molecule has 1 atom stereocenters. The first-order valence-electron chi connectivity index (χ1n) is 12.9. The Balaban J connectivity index is 1.18. The third kappa shape index (κ3) is 5.25. The quantitative estimate of drug-likeness (QED) is 0.489. The number of nitrogens with zero attached hydrogens (tertiary/aromatic N) is 4. The van der Waals surface area contributed by atoms with E-state index < -0.39 is 0 Å². The molecule has 1 saturated heterocycles. The molecule has 1 saturated carbocycles. The Hall–Kier alpha value is -3.18. The number of pyridine rings is 1. The van der Waals surface area contributed by atoms with Gasteiger partial charge in [0.25, 0.3) is 5.91 Å². The molecule has 5 rings (SSSR count). The molecule has 5 heteroatoms. The number of anilines is 2. The predicted octanol–water partition coefficient (Wildman–Crippen LogP) is 5.60. The second kappa shape index (κ2) is 10.6. The minimum atomic E-state index is -0.00288. The Labute approximate surface area is 209 Å². The standard InChI is InChI=1S/C30H36N4O/c1-23-22-33(27-8-4-3-5-9-27)19-20-34(23)28-13-11-24(12-14-28)26-7-6-10-29(21-26)32(2)30(35)25-15-17-31-18-16-25/h3-10,15-18,21,23-24,28H,11-14,19-20,22H2,1-2H3. The van der Waals surface area contributed by atoms with Crippen LogP contribution in [-0.4, -0.2) is 54.6 Å². The van der Waals surface area contributed by atoms with E-state index in [1.165, 1.54) is 36.9 Å². The molecule has 2 aromatic carbocycles. The van der Waals surface area contributed by atoms with Crippen molar-refractivity contribution in [2.75, 3.05) is 36.5 Å². The highest BCUT2D eigenvalue weighted by molar-refractivity contribution is 6.05. The van der Waals surface area contributed by atoms with Gasteiger partial charge >= 0.3 is 0 Å². The second-order valence-electron chi connectivity index (χ2n) is 10.1. The van der Waals surface area contributed by atoms with Crippen LogP contribution in [0.3, 0.4) is 0 Å². The van der Waals surface area contributed by atoms with Gasteiger partial charge in [0.1, 0.15) is 0 Å². The molecule has 1 aliphatic heterocycles. The van der Waals surface area contributed by atoms with Crippen molar-refractivity contribution in [1.82, 2.24) is 9.88 Å². The van der Waals surface area contributed by atoms with E-state index in [2.05, 4.69) is 70.2 Å². The number of benzene rings is 2. The SMILES string of the molecule is CC1CN(c2ccccc2)CCN1C1CCC(c2cccc(N(C)C(=O)c3ccncc3)c2)CC1. The van der Waals surface area contributed by atoms with E-state index in [1.54, 1.807) is 29.4 Å². The van der Waals surface area contributed by atoms with E-state index in [-0.39, 0.29) is 5.91 Å². The van der Waals surface area contributed by atoms with Crippen LogP contribution in [-0.2, 0) is 0 Å². The summed E-state index contributed by atoms with van der Waals surface area (Å²) in [5, 5.41) is 0. The lowest BCUT2D eigenvalue weighted by atomic mass is 9.80. The summed E-state index contributed by atoms with van der Waals surface area (Å²) < 4.78 is 0. The summed E-state index contributed by atoms with van der Waals surface area (Å²) in [6.45, 7) is 5.74. The molecule has 0 bridgehead atoms. The Morgan fingerprint density at radius 3 is 2.37 bits per heavy atom. The number of para-hydroxylation sites is 1. The molecular formula is C30H36N4O. The summed E-state index contributed by atoms with van der Waals surface area (Å²) in [6.07, 6.45) is 8.24. The first-order valence-corrected chi connectivity index (χ1v) is 12.9. The molecular weight excluding hydrogens is 432 g/mol. The van der Waals surface area contributed by atoms with Gasteiger partial charge in [0, 0.05) is 68.1 Å². The monoisotopic (exact) mass is 468 g/mol. The van der Waals surface area contributed by atoms with Crippen molar-refractivity contribution in [3.63, 3.8) is 0 Å². The summed E-state index contributed by atoms with van der Waals surface area (Å²) in [5.74, 6) is 0.563. The van der Waals surface area contributed by atoms with Crippen molar-refractivity contribution in [2.24, 2.45) is 0 Å². The Kier molecular flexibility index (Phi) is 7.14. The summed E-state index contributed by atoms with van der Waals surface area (Å²) in [5.41, 5.74) is 4.32. The van der Waals surface area contributed by atoms with Gasteiger partial charge in [0.15, 0.2) is 0 Å². The molecule has 2 aliphatic rings. The fourth-order valence-electron chi connectivity index (χ4n) is 5.92. The van der Waals surface area contributed by atoms with Crippen LogP contribution in [0.1, 0.15) is 54.4 Å². The lowest BCUT2D eigenvalue weighted by molar-refractivity contribution is 0.0965. The lowest BCUT2D eigenvalue weighted by Crippen LogP contribution is -2.56. The van der Waals surface area contributed by atoms with Crippen molar-refractivity contribution >= 4 is 17.3 Å². The average Bonchev–Trinajstić information content (AvgIpc) is 2.93. The highest BCUT2D eigenvalue weighted by Crippen LogP contribution is 2.37. The molecule has 0 N–H and O–H groups in total. The molecule has 1 aliphatic carbocycles. The number of hydrogen-bond acceptors (Lipinski definition) is 4. The Morgan fingerprint density at radius 1 is 0.914 bits per heavy atom. The second-order valence-corrected chi connectivity index (χ2v) is 10.1. The van der Waals surface area contributed by atoms with Crippen molar-refractivity contribution in [3.05, 3.63) is 90.3 Å². The summed E-state index contributed by atoms with van der Waals surface area (Å²) in [7, 11) is 1.86. The van der Waals surface area contributed by atoms with Crippen LogP contribution in [0.4, 0.5) is 11.4 Å². The summed E-state index contributed by atoms with van der Waals surface area (Å²) >= 11 is 0. The third-order valence-electron chi connectivity index (χ3n) is 7.93. The molecule has 1 aromatic heterocycles. The number of aromatic nitrogens is 1. The Morgan fingerprint density at radius 2 is 1.66 bits per heavy atom. The highest BCUT2D eigenvalue weighted by atomic mass is 16.2. The molecule has 5 nitrogen and oxygen atoms in total. The molecule has 2 heterocycles. The van der Waals surface area contributed by atoms with Gasteiger partial charge < -0.3 is 9.80 Å². The van der Waals surface area contributed by atoms with Gasteiger partial charge in [0.2, 0.25) is 0 Å². The lowest BCUT2D eigenvalue weighted by Gasteiger charge is -2.46. The van der Waals surface area contributed by atoms with Crippen molar-refractivity contribution in [3.8, 4) is 0 Å². The van der Waals surface area contributed by atoms with Gasteiger partial charge in [-0.25, -0.2) is 0 Å². The number of carbonyl (C=O) groups excluding carboxylic acids is 1.